The first-order valence-electron chi connectivity index (χ1n) is 6.10. The van der Waals surface area contributed by atoms with Crippen molar-refractivity contribution >= 4 is 15.7 Å². The molecule has 9 heteroatoms. The summed E-state index contributed by atoms with van der Waals surface area (Å²) in [5.74, 6) is -0.233. The molecule has 21 heavy (non-hydrogen) atoms. The molecule has 0 spiro atoms. The largest absolute Gasteiger partial charge is 0.492 e. The van der Waals surface area contributed by atoms with Crippen LogP contribution in [0.5, 0.6) is 5.75 Å². The molecule has 0 saturated carbocycles. The maximum absolute atomic E-state index is 11.9. The van der Waals surface area contributed by atoms with E-state index in [1.165, 1.54) is 6.07 Å². The summed E-state index contributed by atoms with van der Waals surface area (Å²) < 4.78 is 70.8. The van der Waals surface area contributed by atoms with Crippen LogP contribution in [0, 0.1) is 0 Å². The predicted molar refractivity (Wildman–Crippen MR) is 71.9 cm³/mol. The Morgan fingerprint density at radius 2 is 1.90 bits per heavy atom. The summed E-state index contributed by atoms with van der Waals surface area (Å²) in [6.07, 6.45) is -4.47. The van der Waals surface area contributed by atoms with Crippen molar-refractivity contribution in [2.45, 2.75) is 13.1 Å². The number of ether oxygens (including phenoxy) is 2. The van der Waals surface area contributed by atoms with Crippen molar-refractivity contribution < 1.29 is 31.1 Å². The summed E-state index contributed by atoms with van der Waals surface area (Å²) in [5, 5.41) is 0. The molecule has 5 nitrogen and oxygen atoms in total. The molecule has 0 fully saturated rings. The Morgan fingerprint density at radius 3 is 2.52 bits per heavy atom. The van der Waals surface area contributed by atoms with Crippen molar-refractivity contribution in [1.29, 1.82) is 0 Å². The second-order valence-electron chi connectivity index (χ2n) is 4.02. The fourth-order valence-corrected chi connectivity index (χ4v) is 2.35. The average Bonchev–Trinajstić information content (AvgIpc) is 2.36. The van der Waals surface area contributed by atoms with Crippen LogP contribution in [0.2, 0.25) is 0 Å². The number of sulfonamides is 1. The second-order valence-corrected chi connectivity index (χ2v) is 5.86. The monoisotopic (exact) mass is 327 g/mol. The third-order valence-electron chi connectivity index (χ3n) is 2.21. The van der Waals surface area contributed by atoms with Gasteiger partial charge in [-0.3, -0.25) is 4.72 Å². The number of para-hydroxylation sites is 2. The molecule has 120 valence electrons. The molecule has 0 heterocycles. The van der Waals surface area contributed by atoms with Crippen molar-refractivity contribution in [2.24, 2.45) is 0 Å². The summed E-state index contributed by atoms with van der Waals surface area (Å²) in [6.45, 7) is 0.0768. The van der Waals surface area contributed by atoms with Gasteiger partial charge in [0.15, 0.2) is 0 Å². The number of benzene rings is 1. The number of hydrogen-bond donors (Lipinski definition) is 1. The van der Waals surface area contributed by atoms with Crippen LogP contribution in [0.3, 0.4) is 0 Å². The summed E-state index contributed by atoms with van der Waals surface area (Å²) in [6, 6.07) is 6.37. The maximum atomic E-state index is 11.9. The van der Waals surface area contributed by atoms with Crippen LogP contribution < -0.4 is 9.46 Å². The Hall–Kier alpha value is -1.48. The lowest BCUT2D eigenvalue weighted by Crippen LogP contribution is -2.24. The maximum Gasteiger partial charge on any atom is 0.411 e. The average molecular weight is 327 g/mol. The molecule has 0 bridgehead atoms. The van der Waals surface area contributed by atoms with Gasteiger partial charge in [-0.15, -0.1) is 0 Å². The Labute approximate surface area is 121 Å². The van der Waals surface area contributed by atoms with Crippen LogP contribution >= 0.6 is 0 Å². The van der Waals surface area contributed by atoms with E-state index >= 15 is 0 Å². The molecule has 0 aliphatic carbocycles. The van der Waals surface area contributed by atoms with E-state index in [1.54, 1.807) is 25.1 Å². The lowest BCUT2D eigenvalue weighted by atomic mass is 10.3. The van der Waals surface area contributed by atoms with Crippen LogP contribution in [-0.4, -0.2) is 40.2 Å². The van der Waals surface area contributed by atoms with Crippen LogP contribution in [0.25, 0.3) is 0 Å². The van der Waals surface area contributed by atoms with Gasteiger partial charge in [-0.1, -0.05) is 12.1 Å². The van der Waals surface area contributed by atoms with E-state index in [-0.39, 0.29) is 5.69 Å². The SMILES string of the molecule is CCOc1ccccc1NS(=O)(=O)CCOCC(F)(F)F. The van der Waals surface area contributed by atoms with Crippen molar-refractivity contribution in [3.05, 3.63) is 24.3 Å². The van der Waals surface area contributed by atoms with Crippen LogP contribution in [-0.2, 0) is 14.8 Å². The zero-order valence-corrected chi connectivity index (χ0v) is 12.1. The highest BCUT2D eigenvalue weighted by atomic mass is 32.2. The summed E-state index contributed by atoms with van der Waals surface area (Å²) in [7, 11) is -3.82. The van der Waals surface area contributed by atoms with Crippen molar-refractivity contribution in [3.63, 3.8) is 0 Å². The van der Waals surface area contributed by atoms with Gasteiger partial charge in [0, 0.05) is 0 Å². The number of halogens is 3. The van der Waals surface area contributed by atoms with E-state index in [4.69, 9.17) is 4.74 Å². The van der Waals surface area contributed by atoms with E-state index in [0.717, 1.165) is 0 Å². The Morgan fingerprint density at radius 1 is 1.24 bits per heavy atom. The minimum absolute atomic E-state index is 0.232. The molecule has 0 aromatic heterocycles. The molecule has 1 aromatic carbocycles. The molecule has 1 aromatic rings. The third-order valence-corrected chi connectivity index (χ3v) is 3.45. The van der Waals surface area contributed by atoms with E-state index in [1.807, 2.05) is 0 Å². The standard InChI is InChI=1S/C12H16F3NO4S/c1-2-20-11-6-4-3-5-10(11)16-21(17,18)8-7-19-9-12(13,14)15/h3-6,16H,2,7-9H2,1H3. The number of rotatable bonds is 8. The number of hydrogen-bond acceptors (Lipinski definition) is 4. The molecular formula is C12H16F3NO4S. The van der Waals surface area contributed by atoms with E-state index in [9.17, 15) is 21.6 Å². The van der Waals surface area contributed by atoms with E-state index < -0.39 is 35.2 Å². The summed E-state index contributed by atoms with van der Waals surface area (Å²) in [4.78, 5) is 0. The van der Waals surface area contributed by atoms with E-state index in [0.29, 0.717) is 12.4 Å². The zero-order chi connectivity index (χ0) is 15.9. The van der Waals surface area contributed by atoms with Gasteiger partial charge in [0.2, 0.25) is 10.0 Å². The topological polar surface area (TPSA) is 64.6 Å². The smallest absolute Gasteiger partial charge is 0.411 e. The molecule has 0 aliphatic heterocycles. The highest BCUT2D eigenvalue weighted by molar-refractivity contribution is 7.92. The minimum Gasteiger partial charge on any atom is -0.492 e. The molecular weight excluding hydrogens is 311 g/mol. The molecule has 0 aliphatic rings. The molecule has 0 atom stereocenters. The lowest BCUT2D eigenvalue weighted by Gasteiger charge is -2.13. The van der Waals surface area contributed by atoms with Gasteiger partial charge in [0.1, 0.15) is 12.4 Å². The van der Waals surface area contributed by atoms with Crippen LogP contribution in [0.4, 0.5) is 18.9 Å². The number of anilines is 1. The molecule has 0 saturated heterocycles. The van der Waals surface area contributed by atoms with Gasteiger partial charge >= 0.3 is 6.18 Å². The summed E-state index contributed by atoms with van der Waals surface area (Å²) >= 11 is 0. The first-order chi connectivity index (χ1) is 9.73. The molecule has 0 unspecified atom stereocenters. The van der Waals surface area contributed by atoms with Gasteiger partial charge in [0.25, 0.3) is 0 Å². The van der Waals surface area contributed by atoms with Crippen molar-refractivity contribution in [1.82, 2.24) is 0 Å². The predicted octanol–water partition coefficient (Wildman–Crippen LogP) is 2.41. The molecule has 1 N–H and O–H groups in total. The Balaban J connectivity index is 2.56. The van der Waals surface area contributed by atoms with Gasteiger partial charge < -0.3 is 9.47 Å². The van der Waals surface area contributed by atoms with Gasteiger partial charge in [-0.05, 0) is 19.1 Å². The highest BCUT2D eigenvalue weighted by Gasteiger charge is 2.27. The van der Waals surface area contributed by atoms with Gasteiger partial charge in [0.05, 0.1) is 24.7 Å². The number of nitrogens with one attached hydrogen (secondary N) is 1. The highest BCUT2D eigenvalue weighted by Crippen LogP contribution is 2.24. The molecule has 0 radical (unpaired) electrons. The number of alkyl halides is 3. The lowest BCUT2D eigenvalue weighted by molar-refractivity contribution is -0.172. The fourth-order valence-electron chi connectivity index (χ4n) is 1.41. The fraction of sp³-hybridized carbons (Fsp3) is 0.500. The normalized spacial score (nSPS) is 12.2. The van der Waals surface area contributed by atoms with Crippen molar-refractivity contribution in [3.8, 4) is 5.75 Å². The molecule has 1 rings (SSSR count). The minimum atomic E-state index is -4.47. The quantitative estimate of drug-likeness (QED) is 0.745. The molecule has 0 amide bonds. The van der Waals surface area contributed by atoms with Gasteiger partial charge in [-0.25, -0.2) is 8.42 Å². The van der Waals surface area contributed by atoms with Crippen molar-refractivity contribution in [2.75, 3.05) is 30.3 Å². The zero-order valence-electron chi connectivity index (χ0n) is 11.3. The van der Waals surface area contributed by atoms with Crippen LogP contribution in [0.15, 0.2) is 24.3 Å². The van der Waals surface area contributed by atoms with Gasteiger partial charge in [-0.2, -0.15) is 13.2 Å². The Bertz CT molecular complexity index is 546. The second kappa shape index (κ2) is 7.51. The van der Waals surface area contributed by atoms with Crippen LogP contribution in [0.1, 0.15) is 6.92 Å². The van der Waals surface area contributed by atoms with E-state index in [2.05, 4.69) is 9.46 Å². The summed E-state index contributed by atoms with van der Waals surface area (Å²) in [5.41, 5.74) is 0.232. The Kier molecular flexibility index (Phi) is 6.28. The third kappa shape index (κ3) is 7.19. The first-order valence-corrected chi connectivity index (χ1v) is 7.75. The first kappa shape index (κ1) is 17.6.